The number of anilines is 1. The summed E-state index contributed by atoms with van der Waals surface area (Å²) in [6.45, 7) is 1.23. The van der Waals surface area contributed by atoms with Crippen LogP contribution < -0.4 is 14.8 Å². The molecular weight excluding hydrogens is 317 g/mol. The molecule has 3 rings (SSSR count). The molecule has 0 saturated carbocycles. The lowest BCUT2D eigenvalue weighted by atomic mass is 10.2. The van der Waals surface area contributed by atoms with E-state index in [1.54, 1.807) is 30.3 Å². The van der Waals surface area contributed by atoms with E-state index < -0.39 is 0 Å². The number of hydrogen-bond donors (Lipinski definition) is 1. The van der Waals surface area contributed by atoms with Gasteiger partial charge in [0, 0.05) is 23.1 Å². The number of ether oxygens (including phenoxy) is 2. The average molecular weight is 333 g/mol. The predicted molar refractivity (Wildman–Crippen MR) is 87.8 cm³/mol. The zero-order chi connectivity index (χ0) is 16.1. The van der Waals surface area contributed by atoms with E-state index in [0.29, 0.717) is 30.4 Å². The molecule has 0 saturated heterocycles. The van der Waals surface area contributed by atoms with Crippen LogP contribution in [0.25, 0.3) is 0 Å². The van der Waals surface area contributed by atoms with Crippen LogP contribution in [0.4, 0.5) is 10.1 Å². The van der Waals surface area contributed by atoms with Crippen LogP contribution in [0, 0.1) is 5.82 Å². The molecule has 1 amide bonds. The first-order valence-corrected chi connectivity index (χ1v) is 8.27. The Balaban J connectivity index is 1.57. The summed E-state index contributed by atoms with van der Waals surface area (Å²) >= 11 is 1.35. The van der Waals surface area contributed by atoms with Crippen LogP contribution in [0.1, 0.15) is 6.42 Å². The van der Waals surface area contributed by atoms with Gasteiger partial charge in [0.25, 0.3) is 0 Å². The van der Waals surface area contributed by atoms with E-state index in [1.165, 1.54) is 23.9 Å². The third-order valence-electron chi connectivity index (χ3n) is 3.21. The second-order valence-corrected chi connectivity index (χ2v) is 6.05. The molecule has 1 heterocycles. The second kappa shape index (κ2) is 7.37. The molecule has 0 fully saturated rings. The lowest BCUT2D eigenvalue weighted by Gasteiger charge is -2.10. The van der Waals surface area contributed by atoms with E-state index in [-0.39, 0.29) is 17.5 Å². The van der Waals surface area contributed by atoms with Crippen molar-refractivity contribution in [2.45, 2.75) is 11.3 Å². The molecule has 1 N–H and O–H groups in total. The van der Waals surface area contributed by atoms with Gasteiger partial charge in [0.1, 0.15) is 5.82 Å². The summed E-state index contributed by atoms with van der Waals surface area (Å²) in [5.41, 5.74) is 0.666. The summed E-state index contributed by atoms with van der Waals surface area (Å²) in [5.74, 6) is 1.17. The van der Waals surface area contributed by atoms with E-state index in [4.69, 9.17) is 9.47 Å². The number of nitrogens with one attached hydrogen (secondary N) is 1. The maximum atomic E-state index is 12.8. The van der Waals surface area contributed by atoms with Crippen molar-refractivity contribution in [3.8, 4) is 11.5 Å². The number of thioether (sulfide) groups is 1. The fraction of sp³-hybridized carbons (Fsp3) is 0.235. The van der Waals surface area contributed by atoms with E-state index in [1.807, 2.05) is 0 Å². The number of rotatable bonds is 4. The molecule has 120 valence electrons. The molecule has 0 bridgehead atoms. The van der Waals surface area contributed by atoms with Crippen molar-refractivity contribution in [2.75, 3.05) is 24.3 Å². The number of benzene rings is 2. The topological polar surface area (TPSA) is 47.6 Å². The summed E-state index contributed by atoms with van der Waals surface area (Å²) in [6, 6.07) is 11.4. The highest BCUT2D eigenvalue weighted by atomic mass is 32.2. The third kappa shape index (κ3) is 4.39. The molecule has 0 aliphatic carbocycles. The molecule has 0 atom stereocenters. The second-order valence-electron chi connectivity index (χ2n) is 5.00. The summed E-state index contributed by atoms with van der Waals surface area (Å²) in [6.07, 6.45) is 0.838. The maximum absolute atomic E-state index is 12.8. The Morgan fingerprint density at radius 3 is 2.61 bits per heavy atom. The highest BCUT2D eigenvalue weighted by Gasteiger charge is 2.12. The van der Waals surface area contributed by atoms with E-state index >= 15 is 0 Å². The van der Waals surface area contributed by atoms with Crippen LogP contribution >= 0.6 is 11.8 Å². The molecule has 1 aliphatic rings. The number of hydrogen-bond acceptors (Lipinski definition) is 4. The normalized spacial score (nSPS) is 13.3. The Kier molecular flexibility index (Phi) is 5.02. The largest absolute Gasteiger partial charge is 0.490 e. The minimum Gasteiger partial charge on any atom is -0.490 e. The number of halogens is 1. The van der Waals surface area contributed by atoms with Crippen LogP contribution in [-0.4, -0.2) is 24.9 Å². The van der Waals surface area contributed by atoms with Gasteiger partial charge in [-0.25, -0.2) is 4.39 Å². The SMILES string of the molecule is O=C(CSc1ccc(F)cc1)Nc1ccc2c(c1)OCCCO2. The zero-order valence-electron chi connectivity index (χ0n) is 12.4. The van der Waals surface area contributed by atoms with Crippen molar-refractivity contribution in [2.24, 2.45) is 0 Å². The maximum Gasteiger partial charge on any atom is 0.234 e. The van der Waals surface area contributed by atoms with Crippen LogP contribution in [0.2, 0.25) is 0 Å². The molecule has 0 spiro atoms. The van der Waals surface area contributed by atoms with Crippen LogP contribution in [0.15, 0.2) is 47.4 Å². The van der Waals surface area contributed by atoms with Crippen molar-refractivity contribution in [1.82, 2.24) is 0 Å². The number of carbonyl (C=O) groups excluding carboxylic acids is 1. The molecule has 23 heavy (non-hydrogen) atoms. The molecular formula is C17H16FNO3S. The fourth-order valence-corrected chi connectivity index (χ4v) is 2.82. The molecule has 0 unspecified atom stereocenters. The van der Waals surface area contributed by atoms with Crippen molar-refractivity contribution in [1.29, 1.82) is 0 Å². The van der Waals surface area contributed by atoms with Crippen molar-refractivity contribution in [3.63, 3.8) is 0 Å². The summed E-state index contributed by atoms with van der Waals surface area (Å²) in [7, 11) is 0. The molecule has 0 radical (unpaired) electrons. The molecule has 4 nitrogen and oxygen atoms in total. The smallest absolute Gasteiger partial charge is 0.234 e. The van der Waals surface area contributed by atoms with Crippen molar-refractivity contribution in [3.05, 3.63) is 48.3 Å². The van der Waals surface area contributed by atoms with Gasteiger partial charge in [0.15, 0.2) is 11.5 Å². The van der Waals surface area contributed by atoms with Gasteiger partial charge in [-0.3, -0.25) is 4.79 Å². The third-order valence-corrected chi connectivity index (χ3v) is 4.23. The number of amides is 1. The van der Waals surface area contributed by atoms with Crippen LogP contribution in [-0.2, 0) is 4.79 Å². The van der Waals surface area contributed by atoms with Gasteiger partial charge in [-0.2, -0.15) is 0 Å². The van der Waals surface area contributed by atoms with Crippen LogP contribution in [0.3, 0.4) is 0 Å². The Morgan fingerprint density at radius 2 is 1.83 bits per heavy atom. The first kappa shape index (κ1) is 15.7. The first-order chi connectivity index (χ1) is 11.2. The molecule has 2 aromatic carbocycles. The molecule has 6 heteroatoms. The summed E-state index contributed by atoms with van der Waals surface area (Å²) < 4.78 is 24.0. The number of carbonyl (C=O) groups is 1. The standard InChI is InChI=1S/C17H16FNO3S/c18-12-2-5-14(6-3-12)23-11-17(20)19-13-4-7-15-16(10-13)22-9-1-8-21-15/h2-7,10H,1,8-9,11H2,(H,19,20). The average Bonchev–Trinajstić information content (AvgIpc) is 2.79. The van der Waals surface area contributed by atoms with Crippen LogP contribution in [0.5, 0.6) is 11.5 Å². The van der Waals surface area contributed by atoms with E-state index in [9.17, 15) is 9.18 Å². The predicted octanol–water partition coefficient (Wildman–Crippen LogP) is 3.72. The van der Waals surface area contributed by atoms with Gasteiger partial charge in [-0.15, -0.1) is 11.8 Å². The van der Waals surface area contributed by atoms with E-state index in [0.717, 1.165) is 11.3 Å². The van der Waals surface area contributed by atoms with Gasteiger partial charge >= 0.3 is 0 Å². The first-order valence-electron chi connectivity index (χ1n) is 7.28. The highest BCUT2D eigenvalue weighted by Crippen LogP contribution is 2.32. The zero-order valence-corrected chi connectivity index (χ0v) is 13.2. The highest BCUT2D eigenvalue weighted by molar-refractivity contribution is 8.00. The lowest BCUT2D eigenvalue weighted by molar-refractivity contribution is -0.113. The van der Waals surface area contributed by atoms with Crippen molar-refractivity contribution >= 4 is 23.4 Å². The van der Waals surface area contributed by atoms with Gasteiger partial charge in [0.2, 0.25) is 5.91 Å². The molecule has 2 aromatic rings. The van der Waals surface area contributed by atoms with Crippen molar-refractivity contribution < 1.29 is 18.7 Å². The van der Waals surface area contributed by atoms with Gasteiger partial charge < -0.3 is 14.8 Å². The number of fused-ring (bicyclic) bond motifs is 1. The van der Waals surface area contributed by atoms with Gasteiger partial charge in [0.05, 0.1) is 19.0 Å². The Hall–Kier alpha value is -2.21. The monoisotopic (exact) mass is 333 g/mol. The molecule has 0 aromatic heterocycles. The summed E-state index contributed by atoms with van der Waals surface area (Å²) in [5, 5.41) is 2.82. The quantitative estimate of drug-likeness (QED) is 0.867. The Bertz CT molecular complexity index is 691. The fourth-order valence-electron chi connectivity index (χ4n) is 2.12. The Labute approximate surface area is 138 Å². The van der Waals surface area contributed by atoms with Gasteiger partial charge in [-0.05, 0) is 36.4 Å². The Morgan fingerprint density at radius 1 is 1.09 bits per heavy atom. The minimum atomic E-state index is -0.286. The molecule has 1 aliphatic heterocycles. The summed E-state index contributed by atoms with van der Waals surface area (Å²) in [4.78, 5) is 12.9. The lowest BCUT2D eigenvalue weighted by Crippen LogP contribution is -2.14. The van der Waals surface area contributed by atoms with E-state index in [2.05, 4.69) is 5.32 Å². The van der Waals surface area contributed by atoms with Gasteiger partial charge in [-0.1, -0.05) is 0 Å². The minimum absolute atomic E-state index is 0.131.